The summed E-state index contributed by atoms with van der Waals surface area (Å²) in [6.45, 7) is 2.04. The van der Waals surface area contributed by atoms with Crippen molar-refractivity contribution < 1.29 is 24.5 Å². The van der Waals surface area contributed by atoms with Gasteiger partial charge < -0.3 is 25.2 Å². The molecule has 1 aliphatic rings. The second-order valence-corrected chi connectivity index (χ2v) is 6.41. The van der Waals surface area contributed by atoms with Gasteiger partial charge in [-0.15, -0.1) is 0 Å². The monoisotopic (exact) mass is 370 g/mol. The van der Waals surface area contributed by atoms with Crippen molar-refractivity contribution in [2.75, 3.05) is 24.6 Å². The first-order chi connectivity index (χ1) is 13.0. The van der Waals surface area contributed by atoms with Crippen molar-refractivity contribution >= 4 is 17.6 Å². The van der Waals surface area contributed by atoms with Gasteiger partial charge in [0, 0.05) is 31.4 Å². The molecular weight excluding hydrogens is 348 g/mol. The minimum atomic E-state index is -0.836. The molecule has 7 nitrogen and oxygen atoms in total. The van der Waals surface area contributed by atoms with Crippen molar-refractivity contribution in [1.29, 1.82) is 0 Å². The predicted molar refractivity (Wildman–Crippen MR) is 99.8 cm³/mol. The summed E-state index contributed by atoms with van der Waals surface area (Å²) < 4.78 is 4.89. The average Bonchev–Trinajstić information content (AvgIpc) is 3.19. The third kappa shape index (κ3) is 4.91. The predicted octanol–water partition coefficient (Wildman–Crippen LogP) is 2.17. The van der Waals surface area contributed by atoms with E-state index in [0.29, 0.717) is 6.54 Å². The Morgan fingerprint density at radius 2 is 1.74 bits per heavy atom. The maximum atomic E-state index is 11.9. The number of hydrogen-bond donors (Lipinski definition) is 3. The number of carbonyl (C=O) groups is 2. The molecule has 1 fully saturated rings. The van der Waals surface area contributed by atoms with Crippen LogP contribution < -0.4 is 10.2 Å². The number of phenolic OH excluding ortho intramolecular Hbond substituents is 2. The molecule has 1 heterocycles. The van der Waals surface area contributed by atoms with Gasteiger partial charge in [0.25, 0.3) is 5.91 Å². The zero-order valence-corrected chi connectivity index (χ0v) is 14.9. The van der Waals surface area contributed by atoms with Crippen LogP contribution in [0.2, 0.25) is 0 Å². The first-order valence-corrected chi connectivity index (χ1v) is 8.82. The van der Waals surface area contributed by atoms with Crippen LogP contribution in [0.15, 0.2) is 42.5 Å². The summed E-state index contributed by atoms with van der Waals surface area (Å²) in [7, 11) is 0. The zero-order chi connectivity index (χ0) is 19.2. The van der Waals surface area contributed by atoms with Crippen LogP contribution in [0.1, 0.15) is 28.8 Å². The molecule has 7 heteroatoms. The maximum absolute atomic E-state index is 11.9. The van der Waals surface area contributed by atoms with Crippen LogP contribution in [0, 0.1) is 0 Å². The fraction of sp³-hybridized carbons (Fsp3) is 0.300. The van der Waals surface area contributed by atoms with Crippen LogP contribution in [0.4, 0.5) is 5.69 Å². The van der Waals surface area contributed by atoms with Gasteiger partial charge in [-0.25, -0.2) is 4.79 Å². The van der Waals surface area contributed by atoms with Crippen molar-refractivity contribution in [2.24, 2.45) is 0 Å². The summed E-state index contributed by atoms with van der Waals surface area (Å²) in [6, 6.07) is 11.5. The standard InChI is InChI=1S/C20H22N2O5/c23-16-7-8-17(18(24)11-16)20(26)27-13-19(25)21-12-14-3-5-15(6-4-14)22-9-1-2-10-22/h3-8,11,23-24H,1-2,9-10,12-13H2,(H,21,25). The number of nitrogens with one attached hydrogen (secondary N) is 1. The molecule has 0 bridgehead atoms. The lowest BCUT2D eigenvalue weighted by molar-refractivity contribution is -0.124. The minimum Gasteiger partial charge on any atom is -0.508 e. The van der Waals surface area contributed by atoms with E-state index in [1.165, 1.54) is 30.7 Å². The summed E-state index contributed by atoms with van der Waals surface area (Å²) in [5.74, 6) is -1.85. The molecule has 27 heavy (non-hydrogen) atoms. The van der Waals surface area contributed by atoms with Gasteiger partial charge in [0.15, 0.2) is 6.61 Å². The van der Waals surface area contributed by atoms with Crippen molar-refractivity contribution in [1.82, 2.24) is 5.32 Å². The van der Waals surface area contributed by atoms with Gasteiger partial charge in [0.1, 0.15) is 17.1 Å². The van der Waals surface area contributed by atoms with Gasteiger partial charge in [0.05, 0.1) is 0 Å². The summed E-state index contributed by atoms with van der Waals surface area (Å²) >= 11 is 0. The summed E-state index contributed by atoms with van der Waals surface area (Å²) in [5, 5.41) is 21.5. The number of phenols is 2. The van der Waals surface area contributed by atoms with E-state index < -0.39 is 24.2 Å². The van der Waals surface area contributed by atoms with E-state index in [-0.39, 0.29) is 11.3 Å². The Hall–Kier alpha value is -3.22. The number of benzene rings is 2. The molecule has 0 radical (unpaired) electrons. The molecule has 1 saturated heterocycles. The minimum absolute atomic E-state index is 0.113. The van der Waals surface area contributed by atoms with Crippen LogP contribution in [-0.2, 0) is 16.1 Å². The maximum Gasteiger partial charge on any atom is 0.342 e. The second kappa shape index (κ2) is 8.44. The number of nitrogens with zero attached hydrogens (tertiary/aromatic N) is 1. The van der Waals surface area contributed by atoms with E-state index in [1.54, 1.807) is 0 Å². The highest BCUT2D eigenvalue weighted by atomic mass is 16.5. The number of amides is 1. The fourth-order valence-electron chi connectivity index (χ4n) is 2.95. The fourth-order valence-corrected chi connectivity index (χ4v) is 2.95. The Bertz CT molecular complexity index is 814. The quantitative estimate of drug-likeness (QED) is 0.674. The molecule has 0 spiro atoms. The van der Waals surface area contributed by atoms with Crippen LogP contribution in [-0.4, -0.2) is 41.8 Å². The lowest BCUT2D eigenvalue weighted by Gasteiger charge is -2.17. The second-order valence-electron chi connectivity index (χ2n) is 6.41. The van der Waals surface area contributed by atoms with Crippen molar-refractivity contribution in [3.8, 4) is 11.5 Å². The highest BCUT2D eigenvalue weighted by Crippen LogP contribution is 2.23. The van der Waals surface area contributed by atoms with Crippen molar-refractivity contribution in [3.63, 3.8) is 0 Å². The van der Waals surface area contributed by atoms with Gasteiger partial charge in [-0.2, -0.15) is 0 Å². The molecule has 0 aromatic heterocycles. The molecule has 0 saturated carbocycles. The molecule has 0 unspecified atom stereocenters. The van der Waals surface area contributed by atoms with Crippen LogP contribution >= 0.6 is 0 Å². The first kappa shape index (κ1) is 18.6. The summed E-state index contributed by atoms with van der Waals surface area (Å²) in [5.41, 5.74) is 2.03. The molecule has 0 atom stereocenters. The normalized spacial score (nSPS) is 13.4. The van der Waals surface area contributed by atoms with Crippen LogP contribution in [0.3, 0.4) is 0 Å². The van der Waals surface area contributed by atoms with Gasteiger partial charge >= 0.3 is 5.97 Å². The average molecular weight is 370 g/mol. The first-order valence-electron chi connectivity index (χ1n) is 8.82. The number of anilines is 1. The third-order valence-corrected chi connectivity index (χ3v) is 4.43. The topological polar surface area (TPSA) is 99.1 Å². The molecule has 3 N–H and O–H groups in total. The van der Waals surface area contributed by atoms with E-state index >= 15 is 0 Å². The van der Waals surface area contributed by atoms with E-state index in [2.05, 4.69) is 10.2 Å². The largest absolute Gasteiger partial charge is 0.508 e. The smallest absolute Gasteiger partial charge is 0.342 e. The molecule has 2 aromatic rings. The number of hydrogen-bond acceptors (Lipinski definition) is 6. The lowest BCUT2D eigenvalue weighted by atomic mass is 10.2. The van der Waals surface area contributed by atoms with Crippen molar-refractivity contribution in [3.05, 3.63) is 53.6 Å². The van der Waals surface area contributed by atoms with Crippen molar-refractivity contribution in [2.45, 2.75) is 19.4 Å². The molecule has 1 aliphatic heterocycles. The third-order valence-electron chi connectivity index (χ3n) is 4.43. The molecule has 3 rings (SSSR count). The summed E-state index contributed by atoms with van der Waals surface area (Å²) in [4.78, 5) is 26.1. The highest BCUT2D eigenvalue weighted by Gasteiger charge is 2.15. The van der Waals surface area contributed by atoms with Gasteiger partial charge in [0.2, 0.25) is 0 Å². The number of ether oxygens (including phenoxy) is 1. The van der Waals surface area contributed by atoms with E-state index in [0.717, 1.165) is 24.7 Å². The number of rotatable bonds is 6. The van der Waals surface area contributed by atoms with Gasteiger partial charge in [-0.3, -0.25) is 4.79 Å². The molecule has 2 aromatic carbocycles. The Morgan fingerprint density at radius 3 is 2.41 bits per heavy atom. The van der Waals surface area contributed by atoms with Gasteiger partial charge in [-0.1, -0.05) is 12.1 Å². The Morgan fingerprint density at radius 1 is 1.04 bits per heavy atom. The van der Waals surface area contributed by atoms with E-state index in [9.17, 15) is 19.8 Å². The van der Waals surface area contributed by atoms with Gasteiger partial charge in [-0.05, 0) is 42.7 Å². The Kier molecular flexibility index (Phi) is 5.80. The molecule has 0 aliphatic carbocycles. The summed E-state index contributed by atoms with van der Waals surface area (Å²) in [6.07, 6.45) is 2.44. The lowest BCUT2D eigenvalue weighted by Crippen LogP contribution is -2.28. The Labute approximate surface area is 157 Å². The SMILES string of the molecule is O=C(COC(=O)c1ccc(O)cc1O)NCc1ccc(N2CCCC2)cc1. The Balaban J connectivity index is 1.44. The van der Waals surface area contributed by atoms with E-state index in [1.807, 2.05) is 24.3 Å². The highest BCUT2D eigenvalue weighted by molar-refractivity contribution is 5.94. The number of esters is 1. The molecule has 1 amide bonds. The number of aromatic hydroxyl groups is 2. The zero-order valence-electron chi connectivity index (χ0n) is 14.9. The molecule has 142 valence electrons. The molecular formula is C20H22N2O5. The number of carbonyl (C=O) groups excluding carboxylic acids is 2. The van der Waals surface area contributed by atoms with E-state index in [4.69, 9.17) is 4.74 Å². The van der Waals surface area contributed by atoms with Crippen LogP contribution in [0.5, 0.6) is 11.5 Å². The van der Waals surface area contributed by atoms with Crippen LogP contribution in [0.25, 0.3) is 0 Å².